The summed E-state index contributed by atoms with van der Waals surface area (Å²) in [6, 6.07) is 8.24. The molecule has 1 aromatic carbocycles. The van der Waals surface area contributed by atoms with E-state index in [9.17, 15) is 4.79 Å². The minimum Gasteiger partial charge on any atom is -0.450 e. The minimum absolute atomic E-state index is 0.365. The molecule has 1 N–H and O–H groups in total. The van der Waals surface area contributed by atoms with Crippen LogP contribution in [0.3, 0.4) is 0 Å². The van der Waals surface area contributed by atoms with Gasteiger partial charge in [-0.2, -0.15) is 0 Å². The molecule has 3 nitrogen and oxygen atoms in total. The Morgan fingerprint density at radius 3 is 2.44 bits per heavy atom. The van der Waals surface area contributed by atoms with Crippen molar-refractivity contribution in [2.24, 2.45) is 0 Å². The molecule has 0 fully saturated rings. The number of carbonyl (C=O) groups is 1. The molecular weight excluding hydrogens is 202 g/mol. The number of benzene rings is 1. The summed E-state index contributed by atoms with van der Waals surface area (Å²) in [7, 11) is 0. The fraction of sp³-hybridized carbons (Fsp3) is 0.462. The number of amides is 1. The van der Waals surface area contributed by atoms with Crippen molar-refractivity contribution in [3.63, 3.8) is 0 Å². The minimum atomic E-state index is -0.365. The average molecular weight is 221 g/mol. The van der Waals surface area contributed by atoms with E-state index in [0.717, 1.165) is 5.56 Å². The van der Waals surface area contributed by atoms with E-state index in [1.807, 2.05) is 12.1 Å². The van der Waals surface area contributed by atoms with Crippen LogP contribution in [0.15, 0.2) is 24.3 Å². The molecule has 0 radical (unpaired) electrons. The summed E-state index contributed by atoms with van der Waals surface area (Å²) in [5.74, 6) is 0.534. The molecule has 0 aliphatic heterocycles. The van der Waals surface area contributed by atoms with Gasteiger partial charge in [-0.1, -0.05) is 38.1 Å². The van der Waals surface area contributed by atoms with Crippen LogP contribution in [0.1, 0.15) is 37.8 Å². The molecule has 88 valence electrons. The monoisotopic (exact) mass is 221 g/mol. The molecule has 0 unspecified atom stereocenters. The van der Waals surface area contributed by atoms with Crippen LogP contribution < -0.4 is 5.32 Å². The summed E-state index contributed by atoms with van der Waals surface area (Å²) in [4.78, 5) is 11.1. The topological polar surface area (TPSA) is 38.3 Å². The molecule has 1 amide bonds. The van der Waals surface area contributed by atoms with Gasteiger partial charge in [0.2, 0.25) is 0 Å². The van der Waals surface area contributed by atoms with Gasteiger partial charge in [-0.25, -0.2) is 4.79 Å². The van der Waals surface area contributed by atoms with Gasteiger partial charge in [0.05, 0.1) is 6.61 Å². The Morgan fingerprint density at radius 1 is 1.31 bits per heavy atom. The molecule has 0 heterocycles. The highest BCUT2D eigenvalue weighted by Crippen LogP contribution is 2.14. The lowest BCUT2D eigenvalue weighted by Crippen LogP contribution is -2.23. The fourth-order valence-electron chi connectivity index (χ4n) is 1.38. The Labute approximate surface area is 96.8 Å². The maximum absolute atomic E-state index is 11.1. The van der Waals surface area contributed by atoms with Gasteiger partial charge in [0.15, 0.2) is 0 Å². The maximum atomic E-state index is 11.1. The van der Waals surface area contributed by atoms with Crippen LogP contribution in [0.4, 0.5) is 4.79 Å². The van der Waals surface area contributed by atoms with E-state index in [0.29, 0.717) is 19.1 Å². The van der Waals surface area contributed by atoms with E-state index in [2.05, 4.69) is 31.3 Å². The average Bonchev–Trinajstić information content (AvgIpc) is 2.27. The first-order valence-electron chi connectivity index (χ1n) is 5.63. The molecule has 0 aliphatic rings. The van der Waals surface area contributed by atoms with Crippen LogP contribution in [0.2, 0.25) is 0 Å². The van der Waals surface area contributed by atoms with E-state index >= 15 is 0 Å². The molecule has 1 aromatic rings. The fourth-order valence-corrected chi connectivity index (χ4v) is 1.38. The normalized spacial score (nSPS) is 10.2. The molecule has 0 saturated heterocycles. The number of carbonyl (C=O) groups excluding carboxylic acids is 1. The highest BCUT2D eigenvalue weighted by Gasteiger charge is 2.01. The zero-order chi connectivity index (χ0) is 12.0. The molecule has 1 rings (SSSR count). The Bertz CT molecular complexity index is 330. The summed E-state index contributed by atoms with van der Waals surface area (Å²) in [6.45, 7) is 7.02. The first-order chi connectivity index (χ1) is 7.63. The highest BCUT2D eigenvalue weighted by molar-refractivity contribution is 5.67. The molecule has 3 heteroatoms. The first kappa shape index (κ1) is 12.6. The zero-order valence-corrected chi connectivity index (χ0v) is 10.1. The van der Waals surface area contributed by atoms with E-state index in [1.54, 1.807) is 6.92 Å². The van der Waals surface area contributed by atoms with Gasteiger partial charge in [-0.3, -0.25) is 0 Å². The number of hydrogen-bond acceptors (Lipinski definition) is 2. The van der Waals surface area contributed by atoms with Crippen LogP contribution >= 0.6 is 0 Å². The van der Waals surface area contributed by atoms with Gasteiger partial charge < -0.3 is 10.1 Å². The van der Waals surface area contributed by atoms with Gasteiger partial charge in [0.1, 0.15) is 0 Å². The van der Waals surface area contributed by atoms with Crippen molar-refractivity contribution in [3.05, 3.63) is 35.4 Å². The van der Waals surface area contributed by atoms with Crippen molar-refractivity contribution in [1.29, 1.82) is 0 Å². The van der Waals surface area contributed by atoms with Crippen molar-refractivity contribution < 1.29 is 9.53 Å². The van der Waals surface area contributed by atoms with Crippen molar-refractivity contribution in [2.45, 2.75) is 33.2 Å². The first-order valence-corrected chi connectivity index (χ1v) is 5.63. The van der Waals surface area contributed by atoms with Gasteiger partial charge in [0, 0.05) is 6.54 Å². The number of alkyl carbamates (subject to hydrolysis) is 1. The van der Waals surface area contributed by atoms with Crippen LogP contribution in [0.5, 0.6) is 0 Å². The van der Waals surface area contributed by atoms with Gasteiger partial charge >= 0.3 is 6.09 Å². The van der Waals surface area contributed by atoms with E-state index in [1.165, 1.54) is 5.56 Å². The van der Waals surface area contributed by atoms with Gasteiger partial charge in [0.25, 0.3) is 0 Å². The van der Waals surface area contributed by atoms with Gasteiger partial charge in [-0.05, 0) is 24.0 Å². The smallest absolute Gasteiger partial charge is 0.407 e. The van der Waals surface area contributed by atoms with Crippen molar-refractivity contribution in [3.8, 4) is 0 Å². The van der Waals surface area contributed by atoms with E-state index < -0.39 is 0 Å². The summed E-state index contributed by atoms with van der Waals surface area (Å²) in [5.41, 5.74) is 2.39. The Kier molecular flexibility index (Phi) is 4.83. The second kappa shape index (κ2) is 6.16. The molecule has 16 heavy (non-hydrogen) atoms. The molecule has 0 aliphatic carbocycles. The molecule has 0 atom stereocenters. The van der Waals surface area contributed by atoms with Crippen molar-refractivity contribution in [1.82, 2.24) is 5.32 Å². The highest BCUT2D eigenvalue weighted by atomic mass is 16.5. The van der Waals surface area contributed by atoms with Crippen molar-refractivity contribution >= 4 is 6.09 Å². The lowest BCUT2D eigenvalue weighted by atomic mass is 10.0. The summed E-state index contributed by atoms with van der Waals surface area (Å²) in [5, 5.41) is 2.69. The maximum Gasteiger partial charge on any atom is 0.407 e. The van der Waals surface area contributed by atoms with Crippen LogP contribution in [0.25, 0.3) is 0 Å². The Morgan fingerprint density at radius 2 is 1.94 bits per heavy atom. The molecule has 0 aromatic heterocycles. The predicted molar refractivity (Wildman–Crippen MR) is 64.4 cm³/mol. The summed E-state index contributed by atoms with van der Waals surface area (Å²) in [6.07, 6.45) is -0.365. The SMILES string of the molecule is CCOC(=O)NCc1ccc(C(C)C)cc1. The molecule has 0 bridgehead atoms. The molecule has 0 spiro atoms. The number of hydrogen-bond donors (Lipinski definition) is 1. The van der Waals surface area contributed by atoms with E-state index in [4.69, 9.17) is 4.74 Å². The van der Waals surface area contributed by atoms with Crippen LogP contribution in [-0.4, -0.2) is 12.7 Å². The predicted octanol–water partition coefficient (Wildman–Crippen LogP) is 3.06. The quantitative estimate of drug-likeness (QED) is 0.848. The van der Waals surface area contributed by atoms with Crippen molar-refractivity contribution in [2.75, 3.05) is 6.61 Å². The summed E-state index contributed by atoms with van der Waals surface area (Å²) < 4.78 is 4.78. The number of ether oxygens (including phenoxy) is 1. The summed E-state index contributed by atoms with van der Waals surface area (Å²) >= 11 is 0. The Balaban J connectivity index is 2.46. The molecule has 0 saturated carbocycles. The lowest BCUT2D eigenvalue weighted by Gasteiger charge is -2.08. The third kappa shape index (κ3) is 3.93. The second-order valence-corrected chi connectivity index (χ2v) is 3.97. The second-order valence-electron chi connectivity index (χ2n) is 3.97. The van der Waals surface area contributed by atoms with Crippen LogP contribution in [0, 0.1) is 0 Å². The third-order valence-electron chi connectivity index (χ3n) is 2.36. The zero-order valence-electron chi connectivity index (χ0n) is 10.1. The van der Waals surface area contributed by atoms with Gasteiger partial charge in [-0.15, -0.1) is 0 Å². The number of nitrogens with one attached hydrogen (secondary N) is 1. The lowest BCUT2D eigenvalue weighted by molar-refractivity contribution is 0.151. The molecular formula is C13H19NO2. The van der Waals surface area contributed by atoms with E-state index in [-0.39, 0.29) is 6.09 Å². The van der Waals surface area contributed by atoms with Crippen LogP contribution in [-0.2, 0) is 11.3 Å². The standard InChI is InChI=1S/C13H19NO2/c1-4-16-13(15)14-9-11-5-7-12(8-6-11)10(2)3/h5-8,10H,4,9H2,1-3H3,(H,14,15). The third-order valence-corrected chi connectivity index (χ3v) is 2.36. The largest absolute Gasteiger partial charge is 0.450 e. The number of rotatable bonds is 4. The Hall–Kier alpha value is -1.51.